The van der Waals surface area contributed by atoms with E-state index in [2.05, 4.69) is 45.2 Å². The van der Waals surface area contributed by atoms with Crippen molar-refractivity contribution in [1.82, 2.24) is 0 Å². The summed E-state index contributed by atoms with van der Waals surface area (Å²) in [5.41, 5.74) is 1.20. The predicted molar refractivity (Wildman–Crippen MR) is 72.9 cm³/mol. The second-order valence-electron chi connectivity index (χ2n) is 4.50. The number of hydrogen-bond donors (Lipinski definition) is 0. The Balaban J connectivity index is 2.60. The second kappa shape index (κ2) is 5.68. The highest BCUT2D eigenvalue weighted by atomic mass is 28.4. The van der Waals surface area contributed by atoms with Crippen LogP contribution in [0.15, 0.2) is 30.3 Å². The van der Waals surface area contributed by atoms with Crippen LogP contribution in [0.5, 0.6) is 0 Å². The summed E-state index contributed by atoms with van der Waals surface area (Å²) in [6, 6.07) is 10.2. The lowest BCUT2D eigenvalue weighted by Gasteiger charge is -2.27. The Morgan fingerprint density at radius 1 is 1.25 bits per heavy atom. The molecule has 0 N–H and O–H groups in total. The first-order valence-corrected chi connectivity index (χ1v) is 10.9. The summed E-state index contributed by atoms with van der Waals surface area (Å²) >= 11 is 0. The molecule has 1 rings (SSSR count). The maximum Gasteiger partial charge on any atom is 0.383 e. The average molecular weight is 253 g/mol. The van der Waals surface area contributed by atoms with Crippen molar-refractivity contribution in [2.45, 2.75) is 32.7 Å². The van der Waals surface area contributed by atoms with E-state index >= 15 is 0 Å². The van der Waals surface area contributed by atoms with E-state index in [1.54, 1.807) is 0 Å². The zero-order valence-corrected chi connectivity index (χ0v) is 12.7. The minimum atomic E-state index is -2.01. The van der Waals surface area contributed by atoms with Crippen molar-refractivity contribution in [2.75, 3.05) is 0 Å². The van der Waals surface area contributed by atoms with Gasteiger partial charge in [-0.2, -0.15) is 0 Å². The molecule has 0 aliphatic heterocycles. The molecule has 2 atom stereocenters. The van der Waals surface area contributed by atoms with Crippen LogP contribution >= 0.6 is 0 Å². The third-order valence-electron chi connectivity index (χ3n) is 2.21. The maximum absolute atomic E-state index is 6.05. The molecule has 0 amide bonds. The second-order valence-corrected chi connectivity index (χ2v) is 10.1. The molecule has 0 aliphatic rings. The third kappa shape index (κ3) is 4.53. The molecule has 2 nitrogen and oxygen atoms in total. The monoisotopic (exact) mass is 253 g/mol. The van der Waals surface area contributed by atoms with Gasteiger partial charge in [0.05, 0.1) is 6.10 Å². The largest absolute Gasteiger partial charge is 0.402 e. The normalized spacial score (nSPS) is 15.8. The van der Waals surface area contributed by atoms with E-state index in [-0.39, 0.29) is 6.10 Å². The zero-order chi connectivity index (χ0) is 12.2. The molecule has 0 aliphatic carbocycles. The molecule has 0 saturated carbocycles. The van der Waals surface area contributed by atoms with E-state index in [9.17, 15) is 0 Å². The molecular formula is C12H21O2Si2+. The summed E-state index contributed by atoms with van der Waals surface area (Å²) < 4.78 is 11.9. The molecule has 2 unspecified atom stereocenters. The fourth-order valence-corrected chi connectivity index (χ4v) is 6.82. The quantitative estimate of drug-likeness (QED) is 0.592. The SMILES string of the molecule is [CH2+][SiH](C)O[Si](C)(C)OC(C)c1ccccc1. The van der Waals surface area contributed by atoms with Gasteiger partial charge in [-0.15, -0.1) is 0 Å². The fraction of sp³-hybridized carbons (Fsp3) is 0.417. The van der Waals surface area contributed by atoms with E-state index in [0.717, 1.165) is 0 Å². The summed E-state index contributed by atoms with van der Waals surface area (Å²) in [4.78, 5) is 0. The summed E-state index contributed by atoms with van der Waals surface area (Å²) in [6.45, 7) is 12.3. The molecule has 0 spiro atoms. The summed E-state index contributed by atoms with van der Waals surface area (Å²) in [5, 5.41) is 0. The Labute approximate surface area is 102 Å². The molecule has 0 saturated heterocycles. The molecular weight excluding hydrogens is 232 g/mol. The van der Waals surface area contributed by atoms with Crippen molar-refractivity contribution in [3.63, 3.8) is 0 Å². The molecule has 0 radical (unpaired) electrons. The van der Waals surface area contributed by atoms with Crippen LogP contribution in [-0.2, 0) is 8.54 Å². The van der Waals surface area contributed by atoms with Gasteiger partial charge in [-0.3, -0.25) is 0 Å². The van der Waals surface area contributed by atoms with Gasteiger partial charge in [0.25, 0.3) is 0 Å². The van der Waals surface area contributed by atoms with Gasteiger partial charge in [0, 0.05) is 6.55 Å². The standard InChI is InChI=1S/C12H21O2Si2/c1-11(12-9-7-6-8-10-12)13-16(4,5)14-15(2)3/h6-11,15H,2H2,1,3-5H3/q+1. The van der Waals surface area contributed by atoms with Gasteiger partial charge >= 0.3 is 17.6 Å². The van der Waals surface area contributed by atoms with Crippen molar-refractivity contribution in [1.29, 1.82) is 0 Å². The van der Waals surface area contributed by atoms with Gasteiger partial charge in [-0.25, -0.2) is 0 Å². The molecule has 16 heavy (non-hydrogen) atoms. The smallest absolute Gasteiger partial charge is 0.383 e. The van der Waals surface area contributed by atoms with Crippen molar-refractivity contribution >= 4 is 17.6 Å². The van der Waals surface area contributed by atoms with Gasteiger partial charge < -0.3 is 8.54 Å². The summed E-state index contributed by atoms with van der Waals surface area (Å²) in [5.74, 6) is 0. The van der Waals surface area contributed by atoms with Crippen LogP contribution in [0.3, 0.4) is 0 Å². The van der Waals surface area contributed by atoms with Gasteiger partial charge in [-0.05, 0) is 32.1 Å². The van der Waals surface area contributed by atoms with Crippen LogP contribution < -0.4 is 0 Å². The molecule has 0 fully saturated rings. The maximum atomic E-state index is 6.05. The zero-order valence-electron chi connectivity index (χ0n) is 10.6. The molecule has 4 heteroatoms. The van der Waals surface area contributed by atoms with Crippen molar-refractivity contribution < 1.29 is 8.54 Å². The molecule has 0 heterocycles. The number of hydrogen-bond acceptors (Lipinski definition) is 2. The lowest BCUT2D eigenvalue weighted by Crippen LogP contribution is -2.39. The third-order valence-corrected chi connectivity index (χ3v) is 7.02. The Hall–Kier alpha value is -0.556. The first-order valence-electron chi connectivity index (χ1n) is 5.64. The number of rotatable bonds is 5. The predicted octanol–water partition coefficient (Wildman–Crippen LogP) is 3.21. The molecule has 0 bridgehead atoms. The van der Waals surface area contributed by atoms with Crippen LogP contribution in [0, 0.1) is 6.55 Å². The van der Waals surface area contributed by atoms with Crippen molar-refractivity contribution in [2.24, 2.45) is 0 Å². The van der Waals surface area contributed by atoms with E-state index in [1.165, 1.54) is 5.56 Å². The van der Waals surface area contributed by atoms with Crippen LogP contribution in [-0.4, -0.2) is 17.6 Å². The Morgan fingerprint density at radius 3 is 2.31 bits per heavy atom. The highest BCUT2D eigenvalue weighted by molar-refractivity contribution is 6.73. The Bertz CT molecular complexity index is 312. The summed E-state index contributed by atoms with van der Waals surface area (Å²) in [6.07, 6.45) is 0.0932. The van der Waals surface area contributed by atoms with Crippen molar-refractivity contribution in [3.05, 3.63) is 42.4 Å². The molecule has 0 aromatic heterocycles. The highest BCUT2D eigenvalue weighted by Gasteiger charge is 2.31. The van der Waals surface area contributed by atoms with Gasteiger partial charge in [0.1, 0.15) is 0 Å². The highest BCUT2D eigenvalue weighted by Crippen LogP contribution is 2.22. The first kappa shape index (κ1) is 13.5. The van der Waals surface area contributed by atoms with E-state index in [4.69, 9.17) is 8.54 Å². The minimum absolute atomic E-state index is 0.0932. The van der Waals surface area contributed by atoms with Gasteiger partial charge in [-0.1, -0.05) is 30.3 Å². The van der Waals surface area contributed by atoms with Gasteiger partial charge in [0.2, 0.25) is 0 Å². The minimum Gasteiger partial charge on any atom is -0.402 e. The van der Waals surface area contributed by atoms with Crippen LogP contribution in [0.25, 0.3) is 0 Å². The van der Waals surface area contributed by atoms with Crippen LogP contribution in [0.4, 0.5) is 0 Å². The summed E-state index contributed by atoms with van der Waals surface area (Å²) in [7, 11) is -3.27. The Morgan fingerprint density at radius 2 is 1.81 bits per heavy atom. The topological polar surface area (TPSA) is 18.5 Å². The first-order chi connectivity index (χ1) is 7.41. The molecule has 1 aromatic carbocycles. The molecule has 1 aromatic rings. The Kier molecular flexibility index (Phi) is 4.79. The van der Waals surface area contributed by atoms with E-state index in [0.29, 0.717) is 0 Å². The van der Waals surface area contributed by atoms with Gasteiger partial charge in [0.15, 0.2) is 0 Å². The number of benzene rings is 1. The van der Waals surface area contributed by atoms with Crippen LogP contribution in [0.2, 0.25) is 19.6 Å². The fourth-order valence-electron chi connectivity index (χ4n) is 1.73. The lowest BCUT2D eigenvalue weighted by molar-refractivity contribution is 0.176. The lowest BCUT2D eigenvalue weighted by atomic mass is 10.1. The van der Waals surface area contributed by atoms with Crippen LogP contribution in [0.1, 0.15) is 18.6 Å². The van der Waals surface area contributed by atoms with E-state index in [1.807, 2.05) is 18.2 Å². The average Bonchev–Trinajstić information content (AvgIpc) is 2.16. The van der Waals surface area contributed by atoms with E-state index < -0.39 is 17.6 Å². The van der Waals surface area contributed by atoms with Crippen molar-refractivity contribution in [3.8, 4) is 0 Å². The molecule has 88 valence electrons.